The van der Waals surface area contributed by atoms with E-state index in [1.807, 2.05) is 0 Å². The molecule has 0 bridgehead atoms. The number of carboxylic acid groups (broad SMARTS) is 1. The number of carboxylic acids is 1. The summed E-state index contributed by atoms with van der Waals surface area (Å²) >= 11 is 0. The number of hydrogen-bond donors (Lipinski definition) is 4. The molecule has 0 radical (unpaired) electrons. The Morgan fingerprint density at radius 1 is 1.03 bits per heavy atom. The van der Waals surface area contributed by atoms with Crippen molar-refractivity contribution >= 4 is 5.97 Å². The van der Waals surface area contributed by atoms with Crippen LogP contribution in [-0.4, -0.2) is 44.7 Å². The van der Waals surface area contributed by atoms with Crippen molar-refractivity contribution in [3.05, 3.63) is 0 Å². The smallest absolute Gasteiger partial charge is 0.303 e. The number of carbonyl (C=O) groups is 1. The van der Waals surface area contributed by atoms with Gasteiger partial charge in [-0.05, 0) is 97.7 Å². The van der Waals surface area contributed by atoms with Crippen molar-refractivity contribution in [3.63, 3.8) is 0 Å². The van der Waals surface area contributed by atoms with Gasteiger partial charge in [-0.3, -0.25) is 4.79 Å². The maximum atomic E-state index is 11.5. The first-order chi connectivity index (χ1) is 13.6. The Morgan fingerprint density at radius 3 is 2.45 bits per heavy atom. The Morgan fingerprint density at radius 2 is 1.76 bits per heavy atom. The molecule has 5 nitrogen and oxygen atoms in total. The highest BCUT2D eigenvalue weighted by atomic mass is 16.4. The largest absolute Gasteiger partial charge is 0.481 e. The second-order valence-corrected chi connectivity index (χ2v) is 11.4. The summed E-state index contributed by atoms with van der Waals surface area (Å²) in [6.07, 6.45) is 6.00. The number of aliphatic carboxylic acids is 1. The molecule has 0 heterocycles. The highest BCUT2D eigenvalue weighted by Gasteiger charge is 2.65. The second-order valence-electron chi connectivity index (χ2n) is 11.4. The van der Waals surface area contributed by atoms with Gasteiger partial charge in [0.15, 0.2) is 0 Å². The molecule has 0 aromatic heterocycles. The lowest BCUT2D eigenvalue weighted by Crippen LogP contribution is -2.62. The van der Waals surface area contributed by atoms with Crippen LogP contribution in [0.15, 0.2) is 0 Å². The third kappa shape index (κ3) is 3.27. The van der Waals surface area contributed by atoms with Crippen LogP contribution in [0.4, 0.5) is 0 Å². The van der Waals surface area contributed by atoms with Gasteiger partial charge in [0.05, 0.1) is 18.3 Å². The van der Waals surface area contributed by atoms with Crippen LogP contribution < -0.4 is 0 Å². The zero-order valence-electron chi connectivity index (χ0n) is 18.3. The number of rotatable bonds is 4. The van der Waals surface area contributed by atoms with Gasteiger partial charge in [0.25, 0.3) is 0 Å². The molecule has 0 saturated heterocycles. The van der Waals surface area contributed by atoms with Crippen molar-refractivity contribution in [2.75, 3.05) is 0 Å². The molecule has 4 aliphatic rings. The molecule has 166 valence electrons. The molecule has 0 aromatic carbocycles. The molecular formula is C24H40O5. The Bertz CT molecular complexity index is 637. The fraction of sp³-hybridized carbons (Fsp3) is 0.958. The molecule has 4 aliphatic carbocycles. The van der Waals surface area contributed by atoms with E-state index < -0.39 is 12.1 Å². The van der Waals surface area contributed by atoms with Crippen molar-refractivity contribution in [2.24, 2.45) is 46.3 Å². The van der Waals surface area contributed by atoms with E-state index in [-0.39, 0.29) is 41.3 Å². The summed E-state index contributed by atoms with van der Waals surface area (Å²) in [7, 11) is 0. The SMILES string of the molecule is CC(CCC(=O)O)C1CCC2C3C(O)C[C@@H]4C[C@H](O)CC[C@]4(C)C3C[C@H](O)[C@]12C. The molecule has 6 unspecified atom stereocenters. The number of hydrogen-bond acceptors (Lipinski definition) is 4. The Kier molecular flexibility index (Phi) is 5.57. The molecule has 4 N–H and O–H groups in total. The lowest BCUT2D eigenvalue weighted by molar-refractivity contribution is -0.207. The van der Waals surface area contributed by atoms with Crippen molar-refractivity contribution in [1.82, 2.24) is 0 Å². The van der Waals surface area contributed by atoms with Crippen LogP contribution in [0.3, 0.4) is 0 Å². The van der Waals surface area contributed by atoms with Crippen molar-refractivity contribution < 1.29 is 25.2 Å². The molecule has 29 heavy (non-hydrogen) atoms. The fourth-order valence-corrected chi connectivity index (χ4v) is 8.68. The van der Waals surface area contributed by atoms with Crippen LogP contribution in [0.5, 0.6) is 0 Å². The highest BCUT2D eigenvalue weighted by Crippen LogP contribution is 2.68. The van der Waals surface area contributed by atoms with Gasteiger partial charge < -0.3 is 20.4 Å². The summed E-state index contributed by atoms with van der Waals surface area (Å²) in [5, 5.41) is 42.0. The van der Waals surface area contributed by atoms with E-state index in [4.69, 9.17) is 5.11 Å². The van der Waals surface area contributed by atoms with Crippen molar-refractivity contribution in [3.8, 4) is 0 Å². The molecule has 5 heteroatoms. The summed E-state index contributed by atoms with van der Waals surface area (Å²) in [6.45, 7) is 6.72. The summed E-state index contributed by atoms with van der Waals surface area (Å²) in [5.41, 5.74) is -0.143. The van der Waals surface area contributed by atoms with Gasteiger partial charge in [-0.25, -0.2) is 0 Å². The maximum Gasteiger partial charge on any atom is 0.303 e. The molecule has 4 fully saturated rings. The van der Waals surface area contributed by atoms with Crippen LogP contribution in [0, 0.1) is 46.3 Å². The highest BCUT2D eigenvalue weighted by molar-refractivity contribution is 5.66. The molecule has 11 atom stereocenters. The van der Waals surface area contributed by atoms with E-state index in [1.54, 1.807) is 0 Å². The van der Waals surface area contributed by atoms with Gasteiger partial charge >= 0.3 is 5.97 Å². The number of fused-ring (bicyclic) bond motifs is 5. The van der Waals surface area contributed by atoms with Gasteiger partial charge in [0.2, 0.25) is 0 Å². The van der Waals surface area contributed by atoms with Gasteiger partial charge in [-0.15, -0.1) is 0 Å². The van der Waals surface area contributed by atoms with Crippen LogP contribution >= 0.6 is 0 Å². The maximum absolute atomic E-state index is 11.5. The van der Waals surface area contributed by atoms with E-state index in [9.17, 15) is 20.1 Å². The van der Waals surface area contributed by atoms with Gasteiger partial charge in [-0.1, -0.05) is 20.8 Å². The first kappa shape index (κ1) is 21.6. The number of aliphatic hydroxyl groups is 3. The second kappa shape index (κ2) is 7.49. The van der Waals surface area contributed by atoms with Crippen LogP contribution in [0.2, 0.25) is 0 Å². The molecule has 4 saturated carbocycles. The third-order valence-electron chi connectivity index (χ3n) is 10.3. The molecule has 0 amide bonds. The topological polar surface area (TPSA) is 98.0 Å². The average Bonchev–Trinajstić information content (AvgIpc) is 3.01. The van der Waals surface area contributed by atoms with Crippen molar-refractivity contribution in [1.29, 1.82) is 0 Å². The van der Waals surface area contributed by atoms with Gasteiger partial charge in [-0.2, -0.15) is 0 Å². The standard InChI is InChI=1S/C24H40O5/c1-13(4-7-21(28)29)16-5-6-17-22-18(12-20(27)24(16,17)3)23(2)9-8-15(25)10-14(23)11-19(22)26/h13-20,22,25-27H,4-12H2,1-3H3,(H,28,29)/t13?,14-,15+,16?,17?,18?,19?,20-,22?,23-,24+/m0/s1. The van der Waals surface area contributed by atoms with E-state index in [2.05, 4.69) is 20.8 Å². The van der Waals surface area contributed by atoms with Gasteiger partial charge in [0.1, 0.15) is 0 Å². The molecule has 0 spiro atoms. The average molecular weight is 409 g/mol. The van der Waals surface area contributed by atoms with Crippen LogP contribution in [0.1, 0.15) is 78.6 Å². The molecule has 0 aliphatic heterocycles. The minimum absolute atomic E-state index is 0.0957. The van der Waals surface area contributed by atoms with E-state index >= 15 is 0 Å². The lowest BCUT2D eigenvalue weighted by atomic mass is 9.43. The van der Waals surface area contributed by atoms with Crippen LogP contribution in [-0.2, 0) is 4.79 Å². The van der Waals surface area contributed by atoms with Crippen molar-refractivity contribution in [2.45, 2.75) is 96.9 Å². The summed E-state index contributed by atoms with van der Waals surface area (Å²) < 4.78 is 0. The predicted molar refractivity (Wildman–Crippen MR) is 110 cm³/mol. The summed E-state index contributed by atoms with van der Waals surface area (Å²) in [6, 6.07) is 0. The molecular weight excluding hydrogens is 368 g/mol. The predicted octanol–water partition coefficient (Wildman–Crippen LogP) is 3.45. The minimum atomic E-state index is -0.748. The monoisotopic (exact) mass is 408 g/mol. The quantitative estimate of drug-likeness (QED) is 0.571. The van der Waals surface area contributed by atoms with E-state index in [0.717, 1.165) is 44.9 Å². The summed E-state index contributed by atoms with van der Waals surface area (Å²) in [5.74, 6) is 0.997. The minimum Gasteiger partial charge on any atom is -0.481 e. The fourth-order valence-electron chi connectivity index (χ4n) is 8.68. The Labute approximate surface area is 174 Å². The zero-order chi connectivity index (χ0) is 21.1. The summed E-state index contributed by atoms with van der Waals surface area (Å²) in [4.78, 5) is 11.1. The van der Waals surface area contributed by atoms with Crippen LogP contribution in [0.25, 0.3) is 0 Å². The first-order valence-electron chi connectivity index (χ1n) is 11.8. The first-order valence-corrected chi connectivity index (χ1v) is 11.8. The lowest BCUT2D eigenvalue weighted by Gasteiger charge is -2.63. The molecule has 0 aromatic rings. The van der Waals surface area contributed by atoms with E-state index in [1.165, 1.54) is 0 Å². The number of aliphatic hydroxyl groups excluding tert-OH is 3. The Balaban J connectivity index is 1.61. The Hall–Kier alpha value is -0.650. The third-order valence-corrected chi connectivity index (χ3v) is 10.3. The molecule has 4 rings (SSSR count). The van der Waals surface area contributed by atoms with E-state index in [0.29, 0.717) is 30.1 Å². The normalized spacial score (nSPS) is 52.9. The van der Waals surface area contributed by atoms with Gasteiger partial charge in [0, 0.05) is 6.42 Å². The zero-order valence-corrected chi connectivity index (χ0v) is 18.3.